The molecule has 4 rings (SSSR count). The van der Waals surface area contributed by atoms with Gasteiger partial charge in [0.25, 0.3) is 5.91 Å². The predicted octanol–water partition coefficient (Wildman–Crippen LogP) is 2.88. The summed E-state index contributed by atoms with van der Waals surface area (Å²) in [4.78, 5) is 19.1. The van der Waals surface area contributed by atoms with Crippen molar-refractivity contribution in [2.75, 3.05) is 13.6 Å². The lowest BCUT2D eigenvalue weighted by Crippen LogP contribution is -2.33. The first-order chi connectivity index (χ1) is 13.8. The van der Waals surface area contributed by atoms with Crippen molar-refractivity contribution in [3.63, 3.8) is 0 Å². The van der Waals surface area contributed by atoms with Crippen molar-refractivity contribution in [2.45, 2.75) is 38.9 Å². The number of aliphatic hydroxyl groups is 1. The highest BCUT2D eigenvalue weighted by molar-refractivity contribution is 5.99. The minimum absolute atomic E-state index is 0.0263. The van der Waals surface area contributed by atoms with Gasteiger partial charge in [0.2, 0.25) is 0 Å². The topological polar surface area (TPSA) is 67.6 Å². The highest BCUT2D eigenvalue weighted by atomic mass is 16.5. The molecule has 6 nitrogen and oxygen atoms in total. The van der Waals surface area contributed by atoms with E-state index in [0.29, 0.717) is 11.3 Å². The van der Waals surface area contributed by atoms with Crippen LogP contribution in [0.15, 0.2) is 36.4 Å². The zero-order valence-electron chi connectivity index (χ0n) is 17.3. The van der Waals surface area contributed by atoms with Crippen LogP contribution in [0.1, 0.15) is 34.2 Å². The van der Waals surface area contributed by atoms with Gasteiger partial charge in [-0.1, -0.05) is 24.3 Å². The van der Waals surface area contributed by atoms with Crippen LogP contribution in [0.5, 0.6) is 5.75 Å². The molecule has 0 fully saturated rings. The molecule has 29 heavy (non-hydrogen) atoms. The van der Waals surface area contributed by atoms with Crippen LogP contribution in [0.2, 0.25) is 0 Å². The van der Waals surface area contributed by atoms with Gasteiger partial charge in [-0.05, 0) is 37.1 Å². The number of amides is 1. The smallest absolute Gasteiger partial charge is 0.253 e. The molecule has 0 unspecified atom stereocenters. The number of carbonyl (C=O) groups is 1. The number of imidazole rings is 1. The third kappa shape index (κ3) is 3.72. The Hall–Kier alpha value is -2.86. The number of carbonyl (C=O) groups excluding carboxylic acids is 1. The first-order valence-corrected chi connectivity index (χ1v) is 9.97. The summed E-state index contributed by atoms with van der Waals surface area (Å²) in [7, 11) is 3.63. The number of aliphatic hydroxyl groups excluding tert-OH is 1. The summed E-state index contributed by atoms with van der Waals surface area (Å²) in [6, 6.07) is 12.0. The highest BCUT2D eigenvalue weighted by Gasteiger charge is 2.25. The summed E-state index contributed by atoms with van der Waals surface area (Å²) in [5.41, 5.74) is 4.80. The van der Waals surface area contributed by atoms with Gasteiger partial charge in [-0.15, -0.1) is 0 Å². The van der Waals surface area contributed by atoms with Crippen LogP contribution in [0.3, 0.4) is 0 Å². The Bertz CT molecular complexity index is 1050. The van der Waals surface area contributed by atoms with Gasteiger partial charge in [-0.3, -0.25) is 4.79 Å². The number of ether oxygens (including phenoxy) is 1. The molecule has 1 aromatic heterocycles. The second-order valence-corrected chi connectivity index (χ2v) is 8.01. The summed E-state index contributed by atoms with van der Waals surface area (Å²) in [6.07, 6.45) is 1.14. The number of aromatic nitrogens is 2. The normalized spacial score (nSPS) is 14.8. The standard InChI is InChI=1S/C23H27N3O3/c1-14(27)13-25(3)23(28)18-11-20-22(24-15(2)26(20)4)21(12-18)29-19-9-16-7-5-6-8-17(16)10-19/h5-8,11-12,14,19,27H,9-10,13H2,1-4H3/t14-/m1/s1. The second kappa shape index (κ2) is 7.52. The Kier molecular flexibility index (Phi) is 5.04. The molecular weight excluding hydrogens is 366 g/mol. The molecule has 1 aliphatic carbocycles. The second-order valence-electron chi connectivity index (χ2n) is 8.01. The van der Waals surface area contributed by atoms with Crippen molar-refractivity contribution in [3.8, 4) is 5.75 Å². The monoisotopic (exact) mass is 393 g/mol. The number of rotatable bonds is 5. The molecule has 0 saturated heterocycles. The number of fused-ring (bicyclic) bond motifs is 2. The number of hydrogen-bond donors (Lipinski definition) is 1. The van der Waals surface area contributed by atoms with Gasteiger partial charge >= 0.3 is 0 Å². The van der Waals surface area contributed by atoms with E-state index < -0.39 is 6.10 Å². The van der Waals surface area contributed by atoms with Crippen molar-refractivity contribution in [1.82, 2.24) is 14.5 Å². The van der Waals surface area contributed by atoms with Gasteiger partial charge in [0.15, 0.2) is 0 Å². The van der Waals surface area contributed by atoms with Crippen molar-refractivity contribution >= 4 is 16.9 Å². The van der Waals surface area contributed by atoms with E-state index in [0.717, 1.165) is 29.7 Å². The Morgan fingerprint density at radius 1 is 1.31 bits per heavy atom. The molecule has 0 saturated carbocycles. The average Bonchev–Trinajstić information content (AvgIpc) is 3.21. The molecule has 0 spiro atoms. The molecule has 2 aromatic carbocycles. The van der Waals surface area contributed by atoms with E-state index in [1.807, 2.05) is 24.6 Å². The average molecular weight is 393 g/mol. The number of nitrogens with zero attached hydrogens (tertiary/aromatic N) is 3. The van der Waals surface area contributed by atoms with Gasteiger partial charge in [-0.25, -0.2) is 4.98 Å². The Labute approximate surface area is 170 Å². The number of hydrogen-bond acceptors (Lipinski definition) is 4. The van der Waals surface area contributed by atoms with E-state index in [1.54, 1.807) is 20.0 Å². The van der Waals surface area contributed by atoms with Gasteiger partial charge in [0.1, 0.15) is 23.2 Å². The van der Waals surface area contributed by atoms with E-state index in [-0.39, 0.29) is 18.6 Å². The lowest BCUT2D eigenvalue weighted by Gasteiger charge is -2.20. The minimum Gasteiger partial charge on any atom is -0.487 e. The van der Waals surface area contributed by atoms with Crippen molar-refractivity contribution in [2.24, 2.45) is 7.05 Å². The Morgan fingerprint density at radius 3 is 2.59 bits per heavy atom. The van der Waals surface area contributed by atoms with Gasteiger partial charge in [0.05, 0.1) is 11.6 Å². The largest absolute Gasteiger partial charge is 0.487 e. The van der Waals surface area contributed by atoms with Crippen LogP contribution in [0, 0.1) is 6.92 Å². The molecule has 1 amide bonds. The lowest BCUT2D eigenvalue weighted by molar-refractivity contribution is 0.0703. The first kappa shape index (κ1) is 19.5. The zero-order valence-corrected chi connectivity index (χ0v) is 17.3. The summed E-state index contributed by atoms with van der Waals surface area (Å²) in [5, 5.41) is 9.64. The molecule has 1 N–H and O–H groups in total. The third-order valence-electron chi connectivity index (χ3n) is 5.61. The molecule has 0 aliphatic heterocycles. The number of likely N-dealkylation sites (N-methyl/N-ethyl adjacent to an activating group) is 1. The minimum atomic E-state index is -0.584. The summed E-state index contributed by atoms with van der Waals surface area (Å²) >= 11 is 0. The van der Waals surface area contributed by atoms with E-state index >= 15 is 0 Å². The van der Waals surface area contributed by atoms with Gasteiger partial charge in [0, 0.05) is 39.0 Å². The van der Waals surface area contributed by atoms with Crippen molar-refractivity contribution in [1.29, 1.82) is 0 Å². The van der Waals surface area contributed by atoms with Crippen LogP contribution in [-0.2, 0) is 19.9 Å². The van der Waals surface area contributed by atoms with Gasteiger partial charge in [-0.2, -0.15) is 0 Å². The maximum absolute atomic E-state index is 12.9. The van der Waals surface area contributed by atoms with Crippen LogP contribution < -0.4 is 4.74 Å². The lowest BCUT2D eigenvalue weighted by atomic mass is 10.1. The molecule has 0 bridgehead atoms. The van der Waals surface area contributed by atoms with Crippen molar-refractivity contribution in [3.05, 3.63) is 58.9 Å². The van der Waals surface area contributed by atoms with Gasteiger partial charge < -0.3 is 19.3 Å². The number of benzene rings is 2. The molecule has 6 heteroatoms. The Morgan fingerprint density at radius 2 is 1.97 bits per heavy atom. The van der Waals surface area contributed by atoms with Crippen LogP contribution in [0.25, 0.3) is 11.0 Å². The molecule has 1 atom stereocenters. The Balaban J connectivity index is 1.69. The zero-order chi connectivity index (χ0) is 20.7. The fourth-order valence-corrected chi connectivity index (χ4v) is 4.07. The third-order valence-corrected chi connectivity index (χ3v) is 5.61. The molecule has 152 valence electrons. The SMILES string of the molecule is Cc1nc2c(OC3Cc4ccccc4C3)cc(C(=O)N(C)C[C@@H](C)O)cc2n1C. The van der Waals surface area contributed by atoms with Crippen LogP contribution >= 0.6 is 0 Å². The fraction of sp³-hybridized carbons (Fsp3) is 0.391. The number of aryl methyl sites for hydroxylation is 2. The van der Waals surface area contributed by atoms with E-state index in [1.165, 1.54) is 16.0 Å². The molecular formula is C23H27N3O3. The first-order valence-electron chi connectivity index (χ1n) is 9.97. The van der Waals surface area contributed by atoms with E-state index in [4.69, 9.17) is 4.74 Å². The van der Waals surface area contributed by atoms with E-state index in [9.17, 15) is 9.90 Å². The fourth-order valence-electron chi connectivity index (χ4n) is 4.07. The van der Waals surface area contributed by atoms with Crippen molar-refractivity contribution < 1.29 is 14.6 Å². The molecule has 1 aliphatic rings. The summed E-state index contributed by atoms with van der Waals surface area (Å²) in [6.45, 7) is 3.88. The molecule has 0 radical (unpaired) electrons. The molecule has 1 heterocycles. The maximum atomic E-state index is 12.9. The summed E-state index contributed by atoms with van der Waals surface area (Å²) in [5.74, 6) is 1.35. The molecule has 3 aromatic rings. The predicted molar refractivity (Wildman–Crippen MR) is 112 cm³/mol. The quantitative estimate of drug-likeness (QED) is 0.724. The van der Waals surface area contributed by atoms with Crippen LogP contribution in [-0.4, -0.2) is 51.3 Å². The van der Waals surface area contributed by atoms with E-state index in [2.05, 4.69) is 29.2 Å². The maximum Gasteiger partial charge on any atom is 0.253 e. The highest BCUT2D eigenvalue weighted by Crippen LogP contribution is 2.32. The summed E-state index contributed by atoms with van der Waals surface area (Å²) < 4.78 is 8.36. The van der Waals surface area contributed by atoms with Crippen LogP contribution in [0.4, 0.5) is 0 Å².